The fourth-order valence-electron chi connectivity index (χ4n) is 1.24. The van der Waals surface area contributed by atoms with E-state index < -0.39 is 0 Å². The second kappa shape index (κ2) is 2.52. The van der Waals surface area contributed by atoms with Crippen LogP contribution in [0.15, 0.2) is 24.5 Å². The van der Waals surface area contributed by atoms with E-state index in [9.17, 15) is 0 Å². The minimum Gasteiger partial charge on any atom is -0.354 e. The Labute approximate surface area is 71.0 Å². The molecule has 0 saturated carbocycles. The molecule has 3 heteroatoms. The molecule has 2 aromatic rings. The van der Waals surface area contributed by atoms with E-state index in [0.29, 0.717) is 0 Å². The average molecular weight is 161 g/mol. The van der Waals surface area contributed by atoms with E-state index in [2.05, 4.69) is 34.0 Å². The maximum Gasteiger partial charge on any atom is 0.0665 e. The maximum absolute atomic E-state index is 3.90. The van der Waals surface area contributed by atoms with Crippen molar-refractivity contribution in [2.75, 3.05) is 0 Å². The van der Waals surface area contributed by atoms with E-state index in [1.165, 1.54) is 11.3 Å². The van der Waals surface area contributed by atoms with E-state index in [4.69, 9.17) is 0 Å². The van der Waals surface area contributed by atoms with Gasteiger partial charge in [0.1, 0.15) is 0 Å². The molecular formula is C9H11N3. The highest BCUT2D eigenvalue weighted by atomic mass is 15.1. The first-order valence-electron chi connectivity index (χ1n) is 3.90. The quantitative estimate of drug-likeness (QED) is 0.678. The molecule has 2 rings (SSSR count). The predicted octanol–water partition coefficient (Wildman–Crippen LogP) is 1.72. The van der Waals surface area contributed by atoms with Crippen LogP contribution in [0.1, 0.15) is 5.69 Å². The van der Waals surface area contributed by atoms with E-state index in [1.54, 1.807) is 6.20 Å². The van der Waals surface area contributed by atoms with Gasteiger partial charge in [0.05, 0.1) is 5.69 Å². The van der Waals surface area contributed by atoms with Gasteiger partial charge in [0.15, 0.2) is 0 Å². The first kappa shape index (κ1) is 7.16. The molecule has 12 heavy (non-hydrogen) atoms. The van der Waals surface area contributed by atoms with E-state index >= 15 is 0 Å². The number of hydrogen-bond acceptors (Lipinski definition) is 1. The Bertz CT molecular complexity index is 351. The molecule has 0 radical (unpaired) electrons. The zero-order chi connectivity index (χ0) is 8.55. The second-order valence-corrected chi connectivity index (χ2v) is 2.95. The lowest BCUT2D eigenvalue weighted by Crippen LogP contribution is -1.85. The highest BCUT2D eigenvalue weighted by molar-refractivity contribution is 5.58. The standard InChI is InChI=1S/C9H11N3/c1-7-5-8(6-12(7)2)9-3-4-10-11-9/h3-6H,1-2H3,(H,10,11). The van der Waals surface area contributed by atoms with E-state index in [-0.39, 0.29) is 0 Å². The molecule has 62 valence electrons. The molecule has 0 saturated heterocycles. The molecule has 0 aliphatic carbocycles. The summed E-state index contributed by atoms with van der Waals surface area (Å²) in [5, 5.41) is 6.83. The lowest BCUT2D eigenvalue weighted by molar-refractivity contribution is 0.882. The minimum atomic E-state index is 1.07. The lowest BCUT2D eigenvalue weighted by Gasteiger charge is -1.90. The molecule has 0 amide bonds. The Morgan fingerprint density at radius 3 is 2.83 bits per heavy atom. The Kier molecular flexibility index (Phi) is 1.50. The number of hydrogen-bond donors (Lipinski definition) is 1. The van der Waals surface area contributed by atoms with Gasteiger partial charge in [-0.25, -0.2) is 0 Å². The van der Waals surface area contributed by atoms with Crippen LogP contribution < -0.4 is 0 Å². The Balaban J connectivity index is 2.48. The summed E-state index contributed by atoms with van der Waals surface area (Å²) in [6.45, 7) is 2.08. The first-order chi connectivity index (χ1) is 5.77. The summed E-state index contributed by atoms with van der Waals surface area (Å²) in [7, 11) is 2.04. The van der Waals surface area contributed by atoms with Gasteiger partial charge in [-0.15, -0.1) is 0 Å². The number of rotatable bonds is 1. The van der Waals surface area contributed by atoms with Crippen LogP contribution in [0.4, 0.5) is 0 Å². The van der Waals surface area contributed by atoms with Crippen molar-refractivity contribution < 1.29 is 0 Å². The summed E-state index contributed by atoms with van der Waals surface area (Å²) in [5.74, 6) is 0. The molecule has 0 spiro atoms. The van der Waals surface area contributed by atoms with Crippen molar-refractivity contribution in [2.24, 2.45) is 7.05 Å². The molecule has 0 aromatic carbocycles. The third-order valence-corrected chi connectivity index (χ3v) is 2.07. The lowest BCUT2D eigenvalue weighted by atomic mass is 10.2. The van der Waals surface area contributed by atoms with Gasteiger partial charge in [-0.05, 0) is 19.1 Å². The molecule has 0 aliphatic heterocycles. The van der Waals surface area contributed by atoms with Crippen molar-refractivity contribution in [2.45, 2.75) is 6.92 Å². The average Bonchev–Trinajstić information content (AvgIpc) is 2.61. The maximum atomic E-state index is 3.90. The fourth-order valence-corrected chi connectivity index (χ4v) is 1.24. The zero-order valence-corrected chi connectivity index (χ0v) is 7.20. The smallest absolute Gasteiger partial charge is 0.0665 e. The molecule has 0 unspecified atom stereocenters. The summed E-state index contributed by atoms with van der Waals surface area (Å²) < 4.78 is 2.09. The number of aromatic amines is 1. The monoisotopic (exact) mass is 161 g/mol. The first-order valence-corrected chi connectivity index (χ1v) is 3.90. The van der Waals surface area contributed by atoms with Gasteiger partial charge >= 0.3 is 0 Å². The Hall–Kier alpha value is -1.51. The van der Waals surface area contributed by atoms with Gasteiger partial charge in [0.2, 0.25) is 0 Å². The van der Waals surface area contributed by atoms with Gasteiger partial charge in [0.25, 0.3) is 0 Å². The molecule has 2 aromatic heterocycles. The molecule has 0 bridgehead atoms. The summed E-state index contributed by atoms with van der Waals surface area (Å²) in [6, 6.07) is 4.10. The molecular weight excluding hydrogens is 150 g/mol. The summed E-state index contributed by atoms with van der Waals surface area (Å²) >= 11 is 0. The normalized spacial score (nSPS) is 10.5. The third-order valence-electron chi connectivity index (χ3n) is 2.07. The number of aryl methyl sites for hydroxylation is 2. The molecule has 0 fully saturated rings. The van der Waals surface area contributed by atoms with Crippen molar-refractivity contribution in [3.05, 3.63) is 30.2 Å². The number of aromatic nitrogens is 3. The van der Waals surface area contributed by atoms with Crippen LogP contribution in [-0.4, -0.2) is 14.8 Å². The van der Waals surface area contributed by atoms with Crippen molar-refractivity contribution in [3.63, 3.8) is 0 Å². The second-order valence-electron chi connectivity index (χ2n) is 2.95. The SMILES string of the molecule is Cc1cc(-c2ccn[nH]2)cn1C. The molecule has 0 aliphatic rings. The van der Waals surface area contributed by atoms with Crippen molar-refractivity contribution in [1.82, 2.24) is 14.8 Å². The number of H-pyrrole nitrogens is 1. The molecule has 3 nitrogen and oxygen atoms in total. The van der Waals surface area contributed by atoms with Crippen LogP contribution in [0.3, 0.4) is 0 Å². The van der Waals surface area contributed by atoms with Crippen LogP contribution >= 0.6 is 0 Å². The largest absolute Gasteiger partial charge is 0.354 e. The summed E-state index contributed by atoms with van der Waals surface area (Å²) in [5.41, 5.74) is 3.51. The van der Waals surface area contributed by atoms with Gasteiger partial charge < -0.3 is 4.57 Å². The van der Waals surface area contributed by atoms with Crippen molar-refractivity contribution in [1.29, 1.82) is 0 Å². The number of nitrogens with one attached hydrogen (secondary N) is 1. The molecule has 2 heterocycles. The Morgan fingerprint density at radius 1 is 1.50 bits per heavy atom. The molecule has 1 N–H and O–H groups in total. The zero-order valence-electron chi connectivity index (χ0n) is 7.20. The van der Waals surface area contributed by atoms with Crippen LogP contribution in [-0.2, 0) is 7.05 Å². The van der Waals surface area contributed by atoms with Crippen LogP contribution in [0.25, 0.3) is 11.3 Å². The summed E-state index contributed by atoms with van der Waals surface area (Å²) in [4.78, 5) is 0. The van der Waals surface area contributed by atoms with E-state index in [0.717, 1.165) is 5.69 Å². The minimum absolute atomic E-state index is 1.07. The topological polar surface area (TPSA) is 33.6 Å². The summed E-state index contributed by atoms with van der Waals surface area (Å²) in [6.07, 6.45) is 3.85. The van der Waals surface area contributed by atoms with Crippen molar-refractivity contribution >= 4 is 0 Å². The Morgan fingerprint density at radius 2 is 2.33 bits per heavy atom. The van der Waals surface area contributed by atoms with E-state index in [1.807, 2.05) is 13.1 Å². The van der Waals surface area contributed by atoms with Crippen LogP contribution in [0.2, 0.25) is 0 Å². The van der Waals surface area contributed by atoms with Gasteiger partial charge in [0, 0.05) is 30.7 Å². The van der Waals surface area contributed by atoms with Gasteiger partial charge in [-0.1, -0.05) is 0 Å². The third kappa shape index (κ3) is 1.03. The van der Waals surface area contributed by atoms with Crippen molar-refractivity contribution in [3.8, 4) is 11.3 Å². The van der Waals surface area contributed by atoms with Gasteiger partial charge in [-0.3, -0.25) is 5.10 Å². The van der Waals surface area contributed by atoms with Gasteiger partial charge in [-0.2, -0.15) is 5.10 Å². The molecule has 0 atom stereocenters. The highest BCUT2D eigenvalue weighted by Gasteiger charge is 2.01. The predicted molar refractivity (Wildman–Crippen MR) is 47.7 cm³/mol. The number of nitrogens with zero attached hydrogens (tertiary/aromatic N) is 2. The fraction of sp³-hybridized carbons (Fsp3) is 0.222. The highest BCUT2D eigenvalue weighted by Crippen LogP contribution is 2.17. The van der Waals surface area contributed by atoms with Crippen LogP contribution in [0, 0.1) is 6.92 Å². The van der Waals surface area contributed by atoms with Crippen LogP contribution in [0.5, 0.6) is 0 Å².